The van der Waals surface area contributed by atoms with Gasteiger partial charge in [0.05, 0.1) is 17.6 Å². The quantitative estimate of drug-likeness (QED) is 0.534. The van der Waals surface area contributed by atoms with Crippen LogP contribution in [0, 0.1) is 18.3 Å². The molecular formula is C21H33N3O3S2. The zero-order valence-corrected chi connectivity index (χ0v) is 20.1. The Bertz CT molecular complexity index is 773. The minimum absolute atomic E-state index is 0.148. The molecule has 29 heavy (non-hydrogen) atoms. The average molecular weight is 440 g/mol. The summed E-state index contributed by atoms with van der Waals surface area (Å²) in [6.07, 6.45) is 4.50. The summed E-state index contributed by atoms with van der Waals surface area (Å²) >= 11 is 6.74. The first-order chi connectivity index (χ1) is 13.5. The number of nitrogens with zero attached hydrogens (tertiary/aromatic N) is 1. The number of hydrogen-bond donors (Lipinski definition) is 2. The Hall–Kier alpha value is -1.67. The molecule has 2 rings (SSSR count). The van der Waals surface area contributed by atoms with E-state index >= 15 is 0 Å². The lowest BCUT2D eigenvalue weighted by atomic mass is 9.71. The third kappa shape index (κ3) is 5.69. The van der Waals surface area contributed by atoms with Gasteiger partial charge in [-0.05, 0) is 61.7 Å². The lowest BCUT2D eigenvalue weighted by Gasteiger charge is -2.37. The zero-order chi connectivity index (χ0) is 21.9. The van der Waals surface area contributed by atoms with E-state index in [0.29, 0.717) is 37.6 Å². The van der Waals surface area contributed by atoms with Crippen LogP contribution in [-0.4, -0.2) is 49.1 Å². The summed E-state index contributed by atoms with van der Waals surface area (Å²) in [7, 11) is 4.71. The van der Waals surface area contributed by atoms with Crippen molar-refractivity contribution in [2.45, 2.75) is 59.4 Å². The first-order valence-corrected chi connectivity index (χ1v) is 11.2. The molecule has 1 heterocycles. The zero-order valence-electron chi connectivity index (χ0n) is 18.5. The first kappa shape index (κ1) is 23.6. The van der Waals surface area contributed by atoms with Crippen molar-refractivity contribution in [3.63, 3.8) is 0 Å². The van der Waals surface area contributed by atoms with Gasteiger partial charge in [0.2, 0.25) is 0 Å². The topological polar surface area (TPSA) is 70.7 Å². The first-order valence-electron chi connectivity index (χ1n) is 9.96. The van der Waals surface area contributed by atoms with E-state index in [-0.39, 0.29) is 5.91 Å². The number of amides is 1. The molecule has 2 N–H and O–H groups in total. The van der Waals surface area contributed by atoms with E-state index < -0.39 is 5.97 Å². The molecule has 8 heteroatoms. The van der Waals surface area contributed by atoms with Crippen molar-refractivity contribution in [2.24, 2.45) is 11.3 Å². The van der Waals surface area contributed by atoms with Gasteiger partial charge in [0.15, 0.2) is 5.11 Å². The molecule has 0 bridgehead atoms. The van der Waals surface area contributed by atoms with Crippen LogP contribution in [-0.2, 0) is 4.74 Å². The number of methoxy groups -OCH3 is 1. The van der Waals surface area contributed by atoms with E-state index in [9.17, 15) is 9.59 Å². The van der Waals surface area contributed by atoms with Gasteiger partial charge in [-0.2, -0.15) is 0 Å². The summed E-state index contributed by atoms with van der Waals surface area (Å²) < 4.78 is 4.93. The molecule has 1 aromatic rings. The number of anilines is 1. The molecule has 0 atom stereocenters. The molecule has 0 spiro atoms. The minimum atomic E-state index is -0.479. The smallest absolute Gasteiger partial charge is 0.341 e. The van der Waals surface area contributed by atoms with Crippen LogP contribution < -0.4 is 10.6 Å². The molecular weight excluding hydrogens is 406 g/mol. The summed E-state index contributed by atoms with van der Waals surface area (Å²) in [5, 5.41) is 7.53. The number of rotatable bonds is 4. The average Bonchev–Trinajstić information content (AvgIpc) is 2.95. The number of thiophene rings is 1. The molecule has 0 aromatic carbocycles. The van der Waals surface area contributed by atoms with Gasteiger partial charge in [-0.1, -0.05) is 20.8 Å². The highest BCUT2D eigenvalue weighted by Gasteiger charge is 2.30. The van der Waals surface area contributed by atoms with Crippen molar-refractivity contribution in [1.29, 1.82) is 0 Å². The monoisotopic (exact) mass is 439 g/mol. The Labute approximate surface area is 183 Å². The maximum atomic E-state index is 12.5. The second-order valence-electron chi connectivity index (χ2n) is 8.96. The van der Waals surface area contributed by atoms with Crippen LogP contribution in [0.1, 0.15) is 72.0 Å². The van der Waals surface area contributed by atoms with Gasteiger partial charge in [-0.3, -0.25) is 4.79 Å². The highest BCUT2D eigenvalue weighted by atomic mass is 32.1. The van der Waals surface area contributed by atoms with Gasteiger partial charge >= 0.3 is 5.97 Å². The maximum absolute atomic E-state index is 12.5. The largest absolute Gasteiger partial charge is 0.465 e. The van der Waals surface area contributed by atoms with Gasteiger partial charge in [0.1, 0.15) is 5.00 Å². The van der Waals surface area contributed by atoms with E-state index in [2.05, 4.69) is 31.4 Å². The van der Waals surface area contributed by atoms with Crippen LogP contribution in [0.15, 0.2) is 0 Å². The van der Waals surface area contributed by atoms with Gasteiger partial charge < -0.3 is 20.3 Å². The molecule has 6 nitrogen and oxygen atoms in total. The van der Waals surface area contributed by atoms with Gasteiger partial charge in [-0.15, -0.1) is 11.3 Å². The molecule has 1 amide bonds. The van der Waals surface area contributed by atoms with E-state index in [1.807, 2.05) is 0 Å². The van der Waals surface area contributed by atoms with Crippen molar-refractivity contribution in [2.75, 3.05) is 26.5 Å². The summed E-state index contributed by atoms with van der Waals surface area (Å²) in [5.41, 5.74) is 1.31. The van der Waals surface area contributed by atoms with E-state index in [1.54, 1.807) is 21.0 Å². The standard InChI is InChI=1S/C21H33N3O3S2/c1-12-15(19(26)27-7)17(29-16(12)18(25)24(5)6)23-20(28)22-14-10-8-13(9-11-14)21(2,3)4/h13-14H,8-11H2,1-7H3,(H2,22,23,28). The van der Waals surface area contributed by atoms with Crippen molar-refractivity contribution >= 4 is 45.5 Å². The highest BCUT2D eigenvalue weighted by molar-refractivity contribution is 7.80. The fraction of sp³-hybridized carbons (Fsp3) is 0.667. The Kier molecular flexibility index (Phi) is 7.67. The number of hydrogen-bond acceptors (Lipinski definition) is 5. The Morgan fingerprint density at radius 1 is 1.17 bits per heavy atom. The summed E-state index contributed by atoms with van der Waals surface area (Å²) in [5.74, 6) is 0.102. The molecule has 0 radical (unpaired) electrons. The number of thiocarbonyl (C=S) groups is 1. The minimum Gasteiger partial charge on any atom is -0.465 e. The van der Waals surface area contributed by atoms with Crippen LogP contribution in [0.4, 0.5) is 5.00 Å². The Balaban J connectivity index is 2.11. The van der Waals surface area contributed by atoms with Crippen molar-refractivity contribution < 1.29 is 14.3 Å². The lowest BCUT2D eigenvalue weighted by Crippen LogP contribution is -2.41. The molecule has 1 aliphatic rings. The molecule has 0 aliphatic heterocycles. The fourth-order valence-electron chi connectivity index (χ4n) is 3.78. The Morgan fingerprint density at radius 2 is 1.76 bits per heavy atom. The van der Waals surface area contributed by atoms with Gasteiger partial charge in [0, 0.05) is 20.1 Å². The number of carbonyl (C=O) groups is 2. The predicted octanol–water partition coefficient (Wildman–Crippen LogP) is 4.44. The molecule has 0 saturated heterocycles. The van der Waals surface area contributed by atoms with Crippen LogP contribution in [0.25, 0.3) is 0 Å². The molecule has 1 aliphatic carbocycles. The third-order valence-corrected chi connectivity index (χ3v) is 7.07. The number of carbonyl (C=O) groups excluding carboxylic acids is 2. The van der Waals surface area contributed by atoms with Gasteiger partial charge in [0.25, 0.3) is 5.91 Å². The number of nitrogens with one attached hydrogen (secondary N) is 2. The van der Waals surface area contributed by atoms with Crippen LogP contribution in [0.3, 0.4) is 0 Å². The number of esters is 1. The second-order valence-corrected chi connectivity index (χ2v) is 10.4. The maximum Gasteiger partial charge on any atom is 0.341 e. The molecule has 0 unspecified atom stereocenters. The number of ether oxygens (including phenoxy) is 1. The molecule has 162 valence electrons. The Morgan fingerprint density at radius 3 is 2.24 bits per heavy atom. The summed E-state index contributed by atoms with van der Waals surface area (Å²) in [6, 6.07) is 0.319. The fourth-order valence-corrected chi connectivity index (χ4v) is 5.34. The molecule has 1 fully saturated rings. The van der Waals surface area contributed by atoms with Gasteiger partial charge in [-0.25, -0.2) is 4.79 Å². The van der Waals surface area contributed by atoms with E-state index in [0.717, 1.165) is 18.8 Å². The predicted molar refractivity (Wildman–Crippen MR) is 123 cm³/mol. The van der Waals surface area contributed by atoms with Crippen LogP contribution in [0.2, 0.25) is 0 Å². The molecule has 1 aromatic heterocycles. The molecule has 1 saturated carbocycles. The van der Waals surface area contributed by atoms with Crippen LogP contribution >= 0.6 is 23.6 Å². The van der Waals surface area contributed by atoms with Crippen LogP contribution in [0.5, 0.6) is 0 Å². The summed E-state index contributed by atoms with van der Waals surface area (Å²) in [4.78, 5) is 26.8. The van der Waals surface area contributed by atoms with E-state index in [4.69, 9.17) is 17.0 Å². The SMILES string of the molecule is COC(=O)c1c(NC(=S)NC2CCC(C(C)(C)C)CC2)sc(C(=O)N(C)C)c1C. The van der Waals surface area contributed by atoms with Crippen molar-refractivity contribution in [3.8, 4) is 0 Å². The van der Waals surface area contributed by atoms with Crippen molar-refractivity contribution in [3.05, 3.63) is 16.0 Å². The third-order valence-electron chi connectivity index (χ3n) is 5.65. The summed E-state index contributed by atoms with van der Waals surface area (Å²) in [6.45, 7) is 8.67. The lowest BCUT2D eigenvalue weighted by molar-refractivity contribution is 0.0601. The van der Waals surface area contributed by atoms with E-state index in [1.165, 1.54) is 36.2 Å². The highest BCUT2D eigenvalue weighted by Crippen LogP contribution is 2.38. The van der Waals surface area contributed by atoms with Crippen molar-refractivity contribution in [1.82, 2.24) is 10.2 Å². The second kappa shape index (κ2) is 9.43. The normalized spacial score (nSPS) is 19.4.